The fourth-order valence-electron chi connectivity index (χ4n) is 3.80. The maximum Gasteiger partial charge on any atom is 0.160 e. The molecule has 4 rings (SSSR count). The highest BCUT2D eigenvalue weighted by molar-refractivity contribution is 5.74. The van der Waals surface area contributed by atoms with Gasteiger partial charge in [0, 0.05) is 6.54 Å². The number of hydrogen-bond donors (Lipinski definition) is 3. The average molecular weight is 456 g/mol. The summed E-state index contributed by atoms with van der Waals surface area (Å²) in [6.45, 7) is 0.650. The molecule has 34 heavy (non-hydrogen) atoms. The Balaban J connectivity index is 1.49. The molecular formula is C27H29N5O2. The Morgan fingerprint density at radius 3 is 2.03 bits per heavy atom. The third-order valence-electron chi connectivity index (χ3n) is 5.58. The van der Waals surface area contributed by atoms with Crippen LogP contribution in [0.3, 0.4) is 0 Å². The average Bonchev–Trinajstić information content (AvgIpc) is 2.90. The van der Waals surface area contributed by atoms with E-state index in [0.29, 0.717) is 35.4 Å². The van der Waals surface area contributed by atoms with E-state index in [1.54, 1.807) is 14.2 Å². The van der Waals surface area contributed by atoms with Crippen LogP contribution >= 0.6 is 0 Å². The molecule has 7 heteroatoms. The number of nitrogens with two attached hydrogens (primary N) is 1. The molecule has 0 bridgehead atoms. The maximum absolute atomic E-state index is 6.46. The van der Waals surface area contributed by atoms with Crippen LogP contribution in [0.5, 0.6) is 11.5 Å². The molecule has 3 aromatic carbocycles. The van der Waals surface area contributed by atoms with Gasteiger partial charge in [0.15, 0.2) is 23.1 Å². The first kappa shape index (κ1) is 22.9. The Hall–Kier alpha value is -4.26. The quantitative estimate of drug-likeness (QED) is 0.312. The molecule has 1 heterocycles. The molecule has 0 atom stereocenters. The van der Waals surface area contributed by atoms with Crippen LogP contribution in [0.4, 0.5) is 17.3 Å². The van der Waals surface area contributed by atoms with Gasteiger partial charge in [0.1, 0.15) is 12.0 Å². The number of nitrogens with zero attached hydrogens (tertiary/aromatic N) is 2. The van der Waals surface area contributed by atoms with E-state index in [9.17, 15) is 0 Å². The van der Waals surface area contributed by atoms with Crippen LogP contribution in [-0.4, -0.2) is 30.7 Å². The van der Waals surface area contributed by atoms with Crippen LogP contribution in [-0.2, 0) is 6.42 Å². The second kappa shape index (κ2) is 11.0. The monoisotopic (exact) mass is 455 g/mol. The van der Waals surface area contributed by atoms with Gasteiger partial charge in [-0.25, -0.2) is 9.97 Å². The second-order valence-corrected chi connectivity index (χ2v) is 7.75. The van der Waals surface area contributed by atoms with E-state index < -0.39 is 0 Å². The summed E-state index contributed by atoms with van der Waals surface area (Å²) in [6.07, 6.45) is 2.29. The Morgan fingerprint density at radius 2 is 1.41 bits per heavy atom. The molecule has 0 saturated heterocycles. The lowest BCUT2D eigenvalue weighted by atomic mass is 9.99. The van der Waals surface area contributed by atoms with Crippen LogP contribution in [0.2, 0.25) is 0 Å². The number of anilines is 3. The Bertz CT molecular complexity index is 1160. The lowest BCUT2D eigenvalue weighted by molar-refractivity contribution is 0.354. The van der Waals surface area contributed by atoms with Crippen molar-refractivity contribution in [1.82, 2.24) is 9.97 Å². The van der Waals surface area contributed by atoms with Crippen LogP contribution in [0.1, 0.15) is 22.7 Å². The Morgan fingerprint density at radius 1 is 0.794 bits per heavy atom. The number of rotatable bonds is 10. The summed E-state index contributed by atoms with van der Waals surface area (Å²) >= 11 is 0. The lowest BCUT2D eigenvalue weighted by Crippen LogP contribution is -2.16. The van der Waals surface area contributed by atoms with Gasteiger partial charge < -0.3 is 25.8 Å². The van der Waals surface area contributed by atoms with Crippen molar-refractivity contribution < 1.29 is 9.47 Å². The largest absolute Gasteiger partial charge is 0.493 e. The lowest BCUT2D eigenvalue weighted by Gasteiger charge is -2.22. The van der Waals surface area contributed by atoms with Gasteiger partial charge in [0.2, 0.25) is 0 Å². The zero-order valence-electron chi connectivity index (χ0n) is 19.4. The summed E-state index contributed by atoms with van der Waals surface area (Å²) in [5.74, 6) is 2.60. The van der Waals surface area contributed by atoms with Gasteiger partial charge in [0.05, 0.1) is 20.3 Å². The third kappa shape index (κ3) is 5.38. The number of methoxy groups -OCH3 is 2. The normalized spacial score (nSPS) is 10.7. The summed E-state index contributed by atoms with van der Waals surface area (Å²) in [5, 5.41) is 6.84. The molecule has 0 fully saturated rings. The van der Waals surface area contributed by atoms with E-state index in [4.69, 9.17) is 15.2 Å². The minimum atomic E-state index is -0.0980. The predicted molar refractivity (Wildman–Crippen MR) is 137 cm³/mol. The van der Waals surface area contributed by atoms with Crippen LogP contribution in [0.15, 0.2) is 85.2 Å². The fourth-order valence-corrected chi connectivity index (χ4v) is 3.80. The third-order valence-corrected chi connectivity index (χ3v) is 5.58. The molecule has 1 aromatic heterocycles. The van der Waals surface area contributed by atoms with Crippen molar-refractivity contribution in [3.05, 3.63) is 102 Å². The van der Waals surface area contributed by atoms with Gasteiger partial charge in [-0.05, 0) is 35.2 Å². The van der Waals surface area contributed by atoms with Gasteiger partial charge >= 0.3 is 0 Å². The summed E-state index contributed by atoms with van der Waals surface area (Å²) < 4.78 is 10.7. The van der Waals surface area contributed by atoms with Crippen LogP contribution in [0.25, 0.3) is 0 Å². The zero-order valence-corrected chi connectivity index (χ0v) is 19.4. The van der Waals surface area contributed by atoms with Crippen molar-refractivity contribution in [2.75, 3.05) is 37.1 Å². The summed E-state index contributed by atoms with van der Waals surface area (Å²) in [7, 11) is 3.26. The minimum absolute atomic E-state index is 0.0980. The SMILES string of the molecule is COc1ccc(CCNc2ncnc(NC(c3ccccc3)c3ccccc3)c2N)cc1OC. The molecule has 0 aliphatic heterocycles. The molecule has 0 aliphatic carbocycles. The van der Waals surface area contributed by atoms with Gasteiger partial charge in [-0.15, -0.1) is 0 Å². The predicted octanol–water partition coefficient (Wildman–Crippen LogP) is 4.93. The summed E-state index contributed by atoms with van der Waals surface area (Å²) in [5.41, 5.74) is 10.3. The van der Waals surface area contributed by atoms with Crippen molar-refractivity contribution in [2.24, 2.45) is 0 Å². The number of hydrogen-bond acceptors (Lipinski definition) is 7. The number of nitrogen functional groups attached to an aromatic ring is 1. The Labute approximate surface area is 200 Å². The molecular weight excluding hydrogens is 426 g/mol. The molecule has 0 amide bonds. The van der Waals surface area contributed by atoms with Crippen molar-refractivity contribution in [1.29, 1.82) is 0 Å². The van der Waals surface area contributed by atoms with Gasteiger partial charge in [-0.3, -0.25) is 0 Å². The Kier molecular flexibility index (Phi) is 7.45. The zero-order chi connectivity index (χ0) is 23.8. The van der Waals surface area contributed by atoms with E-state index >= 15 is 0 Å². The molecule has 174 valence electrons. The standard InChI is InChI=1S/C27H29N5O2/c1-33-22-14-13-19(17-23(22)34-2)15-16-29-26-24(28)27(31-18-30-26)32-25(20-9-5-3-6-10-20)21-11-7-4-8-12-21/h3-14,17-18,25H,15-16,28H2,1-2H3,(H2,29,30,31,32). The first-order chi connectivity index (χ1) is 16.7. The maximum atomic E-state index is 6.46. The number of ether oxygens (including phenoxy) is 2. The van der Waals surface area contributed by atoms with Crippen LogP contribution in [0, 0.1) is 0 Å². The fraction of sp³-hybridized carbons (Fsp3) is 0.185. The van der Waals surface area contributed by atoms with Crippen molar-refractivity contribution >= 4 is 17.3 Å². The van der Waals surface area contributed by atoms with E-state index in [0.717, 1.165) is 23.1 Å². The van der Waals surface area contributed by atoms with E-state index in [1.165, 1.54) is 6.33 Å². The van der Waals surface area contributed by atoms with Crippen molar-refractivity contribution in [3.63, 3.8) is 0 Å². The van der Waals surface area contributed by atoms with E-state index in [2.05, 4.69) is 44.9 Å². The van der Waals surface area contributed by atoms with Crippen LogP contribution < -0.4 is 25.8 Å². The molecule has 4 aromatic rings. The molecule has 7 nitrogen and oxygen atoms in total. The van der Waals surface area contributed by atoms with Gasteiger partial charge in [-0.2, -0.15) is 0 Å². The minimum Gasteiger partial charge on any atom is -0.493 e. The highest BCUT2D eigenvalue weighted by Crippen LogP contribution is 2.31. The first-order valence-electron chi connectivity index (χ1n) is 11.1. The molecule has 0 aliphatic rings. The smallest absolute Gasteiger partial charge is 0.160 e. The highest BCUT2D eigenvalue weighted by atomic mass is 16.5. The topological polar surface area (TPSA) is 94.3 Å². The molecule has 4 N–H and O–H groups in total. The van der Waals surface area contributed by atoms with Gasteiger partial charge in [-0.1, -0.05) is 66.7 Å². The number of nitrogens with one attached hydrogen (secondary N) is 2. The second-order valence-electron chi connectivity index (χ2n) is 7.75. The van der Waals surface area contributed by atoms with E-state index in [-0.39, 0.29) is 6.04 Å². The number of benzene rings is 3. The summed E-state index contributed by atoms with van der Waals surface area (Å²) in [4.78, 5) is 8.77. The first-order valence-corrected chi connectivity index (χ1v) is 11.1. The van der Waals surface area contributed by atoms with E-state index in [1.807, 2.05) is 54.6 Å². The molecule has 0 spiro atoms. The highest BCUT2D eigenvalue weighted by Gasteiger charge is 2.17. The number of aromatic nitrogens is 2. The summed E-state index contributed by atoms with van der Waals surface area (Å²) in [6, 6.07) is 26.3. The van der Waals surface area contributed by atoms with Crippen molar-refractivity contribution in [2.45, 2.75) is 12.5 Å². The molecule has 0 saturated carbocycles. The van der Waals surface area contributed by atoms with Crippen molar-refractivity contribution in [3.8, 4) is 11.5 Å². The molecule has 0 radical (unpaired) electrons. The molecule has 0 unspecified atom stereocenters. The van der Waals surface area contributed by atoms with Gasteiger partial charge in [0.25, 0.3) is 0 Å².